The number of likely N-dealkylation sites (N-methyl/N-ethyl adjacent to an activating group) is 1. The molecule has 0 aromatic heterocycles. The zero-order valence-electron chi connectivity index (χ0n) is 15.4. The first kappa shape index (κ1) is 19.1. The van der Waals surface area contributed by atoms with Gasteiger partial charge in [-0.15, -0.1) is 0 Å². The van der Waals surface area contributed by atoms with Crippen molar-refractivity contribution in [2.45, 2.75) is 20.0 Å². The van der Waals surface area contributed by atoms with Crippen LogP contribution in [0.3, 0.4) is 0 Å². The number of morpholine rings is 1. The van der Waals surface area contributed by atoms with Crippen molar-refractivity contribution in [3.8, 4) is 5.75 Å². The monoisotopic (exact) mass is 349 g/mol. The number of rotatable bonds is 5. The minimum absolute atomic E-state index is 0.129. The van der Waals surface area contributed by atoms with E-state index in [1.807, 2.05) is 32.0 Å². The van der Waals surface area contributed by atoms with Crippen LogP contribution in [0.25, 0.3) is 0 Å². The maximum absolute atomic E-state index is 12.2. The van der Waals surface area contributed by atoms with E-state index in [2.05, 4.69) is 5.32 Å². The minimum atomic E-state index is -0.597. The molecule has 2 rings (SSSR count). The van der Waals surface area contributed by atoms with Gasteiger partial charge >= 0.3 is 6.03 Å². The SMILES string of the molecule is Cc1ccc(C)c(OCCNC(=O)N2CCO[C@@H](C(=O)N(C)C)C2)c1. The molecule has 138 valence electrons. The Morgan fingerprint density at radius 1 is 1.36 bits per heavy atom. The highest BCUT2D eigenvalue weighted by molar-refractivity contribution is 5.82. The lowest BCUT2D eigenvalue weighted by Gasteiger charge is -2.33. The van der Waals surface area contributed by atoms with Crippen LogP contribution in [-0.4, -0.2) is 74.8 Å². The summed E-state index contributed by atoms with van der Waals surface area (Å²) in [7, 11) is 3.35. The zero-order valence-corrected chi connectivity index (χ0v) is 15.4. The molecule has 0 bridgehead atoms. The predicted molar refractivity (Wildman–Crippen MR) is 94.8 cm³/mol. The highest BCUT2D eigenvalue weighted by Gasteiger charge is 2.30. The molecule has 7 nitrogen and oxygen atoms in total. The summed E-state index contributed by atoms with van der Waals surface area (Å²) in [4.78, 5) is 27.3. The summed E-state index contributed by atoms with van der Waals surface area (Å²) in [5.41, 5.74) is 2.20. The van der Waals surface area contributed by atoms with E-state index in [-0.39, 0.29) is 18.5 Å². The van der Waals surface area contributed by atoms with Gasteiger partial charge in [0.15, 0.2) is 6.10 Å². The van der Waals surface area contributed by atoms with E-state index in [1.54, 1.807) is 19.0 Å². The Balaban J connectivity index is 1.76. The maximum atomic E-state index is 12.2. The summed E-state index contributed by atoms with van der Waals surface area (Å²) in [5.74, 6) is 0.702. The number of nitrogens with zero attached hydrogens (tertiary/aromatic N) is 2. The maximum Gasteiger partial charge on any atom is 0.317 e. The Kier molecular flexibility index (Phi) is 6.64. The first-order valence-electron chi connectivity index (χ1n) is 8.44. The number of amides is 3. The number of urea groups is 1. The number of benzene rings is 1. The molecule has 0 aliphatic carbocycles. The molecular formula is C18H27N3O4. The van der Waals surface area contributed by atoms with Gasteiger partial charge in [-0.25, -0.2) is 4.79 Å². The first-order chi connectivity index (χ1) is 11.9. The van der Waals surface area contributed by atoms with Crippen molar-refractivity contribution in [3.63, 3.8) is 0 Å². The van der Waals surface area contributed by atoms with E-state index >= 15 is 0 Å². The highest BCUT2D eigenvalue weighted by Crippen LogP contribution is 2.18. The van der Waals surface area contributed by atoms with E-state index in [0.29, 0.717) is 26.3 Å². The van der Waals surface area contributed by atoms with Crippen LogP contribution in [0, 0.1) is 13.8 Å². The molecule has 1 saturated heterocycles. The van der Waals surface area contributed by atoms with Crippen molar-refractivity contribution >= 4 is 11.9 Å². The second-order valence-electron chi connectivity index (χ2n) is 6.39. The molecule has 1 N–H and O–H groups in total. The van der Waals surface area contributed by atoms with E-state index in [9.17, 15) is 9.59 Å². The molecule has 1 heterocycles. The minimum Gasteiger partial charge on any atom is -0.491 e. The summed E-state index contributed by atoms with van der Waals surface area (Å²) in [5, 5.41) is 2.83. The molecule has 3 amide bonds. The van der Waals surface area contributed by atoms with Crippen LogP contribution in [-0.2, 0) is 9.53 Å². The van der Waals surface area contributed by atoms with Crippen molar-refractivity contribution in [1.29, 1.82) is 0 Å². The molecule has 0 radical (unpaired) electrons. The second kappa shape index (κ2) is 8.71. The van der Waals surface area contributed by atoms with E-state index in [0.717, 1.165) is 16.9 Å². The predicted octanol–water partition coefficient (Wildman–Crippen LogP) is 1.18. The topological polar surface area (TPSA) is 71.1 Å². The Hall–Kier alpha value is -2.28. The van der Waals surface area contributed by atoms with Gasteiger partial charge in [0.25, 0.3) is 5.91 Å². The van der Waals surface area contributed by atoms with Crippen LogP contribution in [0.2, 0.25) is 0 Å². The molecule has 7 heteroatoms. The molecule has 1 atom stereocenters. The van der Waals surface area contributed by atoms with Crippen LogP contribution < -0.4 is 10.1 Å². The Morgan fingerprint density at radius 2 is 2.12 bits per heavy atom. The van der Waals surface area contributed by atoms with Crippen LogP contribution in [0.5, 0.6) is 5.75 Å². The van der Waals surface area contributed by atoms with Crippen molar-refractivity contribution in [1.82, 2.24) is 15.1 Å². The molecule has 1 aromatic rings. The number of hydrogen-bond acceptors (Lipinski definition) is 4. The third-order valence-electron chi connectivity index (χ3n) is 4.05. The number of nitrogens with one attached hydrogen (secondary N) is 1. The van der Waals surface area contributed by atoms with Gasteiger partial charge in [0.2, 0.25) is 0 Å². The van der Waals surface area contributed by atoms with Crippen LogP contribution in [0.15, 0.2) is 18.2 Å². The Morgan fingerprint density at radius 3 is 2.84 bits per heavy atom. The zero-order chi connectivity index (χ0) is 18.4. The summed E-state index contributed by atoms with van der Waals surface area (Å²) in [6.45, 7) is 5.88. The van der Waals surface area contributed by atoms with E-state index in [1.165, 1.54) is 4.90 Å². The van der Waals surface area contributed by atoms with Crippen molar-refractivity contribution in [3.05, 3.63) is 29.3 Å². The fourth-order valence-electron chi connectivity index (χ4n) is 2.56. The van der Waals surface area contributed by atoms with Gasteiger partial charge < -0.3 is 24.6 Å². The fourth-order valence-corrected chi connectivity index (χ4v) is 2.56. The van der Waals surface area contributed by atoms with Gasteiger partial charge in [0.1, 0.15) is 12.4 Å². The van der Waals surface area contributed by atoms with Crippen LogP contribution in [0.1, 0.15) is 11.1 Å². The molecule has 0 saturated carbocycles. The summed E-state index contributed by atoms with van der Waals surface area (Å²) < 4.78 is 11.2. The fraction of sp³-hybridized carbons (Fsp3) is 0.556. The number of ether oxygens (including phenoxy) is 2. The number of aryl methyl sites for hydroxylation is 2. The lowest BCUT2D eigenvalue weighted by Crippen LogP contribution is -2.54. The smallest absolute Gasteiger partial charge is 0.317 e. The molecule has 0 unspecified atom stereocenters. The average molecular weight is 349 g/mol. The molecular weight excluding hydrogens is 322 g/mol. The van der Waals surface area contributed by atoms with E-state index in [4.69, 9.17) is 9.47 Å². The number of carbonyl (C=O) groups is 2. The van der Waals surface area contributed by atoms with Gasteiger partial charge in [-0.2, -0.15) is 0 Å². The van der Waals surface area contributed by atoms with Gasteiger partial charge in [-0.1, -0.05) is 12.1 Å². The van der Waals surface area contributed by atoms with Gasteiger partial charge in [0, 0.05) is 20.6 Å². The van der Waals surface area contributed by atoms with Gasteiger partial charge in [-0.05, 0) is 31.0 Å². The van der Waals surface area contributed by atoms with Gasteiger partial charge in [0.05, 0.1) is 19.7 Å². The van der Waals surface area contributed by atoms with Crippen molar-refractivity contribution in [2.24, 2.45) is 0 Å². The molecule has 0 spiro atoms. The van der Waals surface area contributed by atoms with Gasteiger partial charge in [-0.3, -0.25) is 4.79 Å². The Labute approximate surface area is 148 Å². The lowest BCUT2D eigenvalue weighted by molar-refractivity contribution is -0.145. The van der Waals surface area contributed by atoms with Crippen molar-refractivity contribution in [2.75, 3.05) is 46.9 Å². The quantitative estimate of drug-likeness (QED) is 0.811. The largest absolute Gasteiger partial charge is 0.491 e. The lowest BCUT2D eigenvalue weighted by atomic mass is 10.1. The summed E-state index contributed by atoms with van der Waals surface area (Å²) >= 11 is 0. The third-order valence-corrected chi connectivity index (χ3v) is 4.05. The first-order valence-corrected chi connectivity index (χ1v) is 8.44. The number of carbonyl (C=O) groups excluding carboxylic acids is 2. The van der Waals surface area contributed by atoms with E-state index < -0.39 is 6.10 Å². The highest BCUT2D eigenvalue weighted by atomic mass is 16.5. The van der Waals surface area contributed by atoms with Crippen LogP contribution >= 0.6 is 0 Å². The summed E-state index contributed by atoms with van der Waals surface area (Å²) in [6, 6.07) is 5.83. The molecule has 1 aliphatic heterocycles. The Bertz CT molecular complexity index is 618. The standard InChI is InChI=1S/C18H27N3O4/c1-13-5-6-14(2)15(11-13)24-9-7-19-18(23)21-8-10-25-16(12-21)17(22)20(3)4/h5-6,11,16H,7-10,12H2,1-4H3,(H,19,23)/t16-/m1/s1. The van der Waals surface area contributed by atoms with Crippen LogP contribution in [0.4, 0.5) is 4.79 Å². The number of hydrogen-bond donors (Lipinski definition) is 1. The van der Waals surface area contributed by atoms with Crippen molar-refractivity contribution < 1.29 is 19.1 Å². The second-order valence-corrected chi connectivity index (χ2v) is 6.39. The third kappa shape index (κ3) is 5.35. The molecule has 1 aromatic carbocycles. The molecule has 1 aliphatic rings. The summed E-state index contributed by atoms with van der Waals surface area (Å²) in [6.07, 6.45) is -0.597. The molecule has 25 heavy (non-hydrogen) atoms. The molecule has 1 fully saturated rings. The average Bonchev–Trinajstić information content (AvgIpc) is 2.60. The normalized spacial score (nSPS) is 17.1.